The number of carboxylic acids is 1. The van der Waals surface area contributed by atoms with Crippen molar-refractivity contribution in [2.45, 2.75) is 26.7 Å². The molecule has 0 fully saturated rings. The molecule has 6 heteroatoms. The summed E-state index contributed by atoms with van der Waals surface area (Å²) in [5, 5.41) is 8.89. The minimum atomic E-state index is -0.949. The number of aliphatic carboxylic acids is 1. The lowest BCUT2D eigenvalue weighted by atomic mass is 10.1. The van der Waals surface area contributed by atoms with Gasteiger partial charge < -0.3 is 19.5 Å². The fourth-order valence-electron chi connectivity index (χ4n) is 2.05. The number of hydrogen-bond donors (Lipinski definition) is 1. The van der Waals surface area contributed by atoms with E-state index in [4.69, 9.17) is 14.6 Å². The van der Waals surface area contributed by atoms with Gasteiger partial charge in [-0.3, -0.25) is 9.59 Å². The molecule has 0 heterocycles. The normalized spacial score (nSPS) is 10.4. The number of carboxylic acid groups (broad SMARTS) is 1. The van der Waals surface area contributed by atoms with Gasteiger partial charge in [0.15, 0.2) is 0 Å². The lowest BCUT2D eigenvalue weighted by Crippen LogP contribution is -2.34. The van der Waals surface area contributed by atoms with Gasteiger partial charge in [0.25, 0.3) is 0 Å². The van der Waals surface area contributed by atoms with Gasteiger partial charge in [0, 0.05) is 19.0 Å². The number of methoxy groups -OCH3 is 2. The van der Waals surface area contributed by atoms with E-state index in [0.717, 1.165) is 0 Å². The molecule has 6 nitrogen and oxygen atoms in total. The molecule has 122 valence electrons. The summed E-state index contributed by atoms with van der Waals surface area (Å²) < 4.78 is 10.4. The first kappa shape index (κ1) is 17.8. The average Bonchev–Trinajstić information content (AvgIpc) is 2.46. The second-order valence-electron chi connectivity index (χ2n) is 5.32. The van der Waals surface area contributed by atoms with E-state index in [1.54, 1.807) is 25.3 Å². The van der Waals surface area contributed by atoms with Crippen LogP contribution in [-0.4, -0.2) is 37.7 Å². The smallest absolute Gasteiger partial charge is 0.305 e. The Morgan fingerprint density at radius 3 is 2.41 bits per heavy atom. The lowest BCUT2D eigenvalue weighted by molar-refractivity contribution is -0.136. The monoisotopic (exact) mass is 309 g/mol. The number of hydrogen-bond acceptors (Lipinski definition) is 4. The summed E-state index contributed by atoms with van der Waals surface area (Å²) in [6.07, 6.45) is 0.216. The van der Waals surface area contributed by atoms with Gasteiger partial charge in [-0.2, -0.15) is 0 Å². The Morgan fingerprint density at radius 2 is 1.91 bits per heavy atom. The fourth-order valence-corrected chi connectivity index (χ4v) is 2.05. The molecular weight excluding hydrogens is 286 g/mol. The Hall–Kier alpha value is -2.24. The minimum absolute atomic E-state index is 0.101. The molecule has 0 spiro atoms. The summed E-state index contributed by atoms with van der Waals surface area (Å²) >= 11 is 0. The molecule has 0 unspecified atom stereocenters. The maximum Gasteiger partial charge on any atom is 0.305 e. The van der Waals surface area contributed by atoms with Crippen LogP contribution < -0.4 is 14.4 Å². The molecule has 0 aromatic heterocycles. The van der Waals surface area contributed by atoms with Crippen molar-refractivity contribution in [1.29, 1.82) is 0 Å². The molecule has 1 rings (SSSR count). The van der Waals surface area contributed by atoms with Crippen LogP contribution in [0.2, 0.25) is 0 Å². The van der Waals surface area contributed by atoms with Gasteiger partial charge >= 0.3 is 5.97 Å². The predicted molar refractivity (Wildman–Crippen MR) is 83.6 cm³/mol. The third-order valence-electron chi connectivity index (χ3n) is 3.11. The van der Waals surface area contributed by atoms with Crippen LogP contribution in [0.1, 0.15) is 26.7 Å². The highest BCUT2D eigenvalue weighted by Crippen LogP contribution is 2.33. The van der Waals surface area contributed by atoms with Crippen molar-refractivity contribution >= 4 is 17.6 Å². The van der Waals surface area contributed by atoms with E-state index in [1.807, 2.05) is 13.8 Å². The second-order valence-corrected chi connectivity index (χ2v) is 5.32. The Labute approximate surface area is 130 Å². The zero-order valence-electron chi connectivity index (χ0n) is 13.5. The number of anilines is 1. The zero-order chi connectivity index (χ0) is 16.7. The van der Waals surface area contributed by atoms with Gasteiger partial charge in [-0.25, -0.2) is 0 Å². The van der Waals surface area contributed by atoms with E-state index in [1.165, 1.54) is 12.0 Å². The van der Waals surface area contributed by atoms with Crippen LogP contribution >= 0.6 is 0 Å². The van der Waals surface area contributed by atoms with Gasteiger partial charge in [0.05, 0.1) is 26.3 Å². The van der Waals surface area contributed by atoms with Crippen LogP contribution in [0.5, 0.6) is 11.5 Å². The molecule has 0 saturated heterocycles. The molecule has 1 aromatic carbocycles. The van der Waals surface area contributed by atoms with Crippen molar-refractivity contribution in [1.82, 2.24) is 0 Å². The van der Waals surface area contributed by atoms with Gasteiger partial charge in [-0.05, 0) is 18.1 Å². The summed E-state index contributed by atoms with van der Waals surface area (Å²) in [4.78, 5) is 24.7. The topological polar surface area (TPSA) is 76.1 Å². The third kappa shape index (κ3) is 4.95. The van der Waals surface area contributed by atoms with E-state index < -0.39 is 5.97 Å². The Bertz CT molecular complexity index is 527. The highest BCUT2D eigenvalue weighted by Gasteiger charge is 2.21. The van der Waals surface area contributed by atoms with E-state index in [2.05, 4.69) is 0 Å². The molecule has 0 aliphatic heterocycles. The summed E-state index contributed by atoms with van der Waals surface area (Å²) in [7, 11) is 3.04. The fraction of sp³-hybridized carbons (Fsp3) is 0.500. The third-order valence-corrected chi connectivity index (χ3v) is 3.11. The van der Waals surface area contributed by atoms with Gasteiger partial charge in [0.1, 0.15) is 11.5 Å². The standard InChI is InChI=1S/C16H23NO5/c1-11(2)9-15(18)17(8-7-16(19)20)13-6-5-12(21-3)10-14(13)22-4/h5-6,10-11H,7-9H2,1-4H3,(H,19,20). The van der Waals surface area contributed by atoms with Gasteiger partial charge in [-0.1, -0.05) is 13.8 Å². The SMILES string of the molecule is COc1ccc(N(CCC(=O)O)C(=O)CC(C)C)c(OC)c1. The molecule has 0 saturated carbocycles. The van der Waals surface area contributed by atoms with Crippen molar-refractivity contribution < 1.29 is 24.2 Å². The molecule has 0 atom stereocenters. The molecule has 22 heavy (non-hydrogen) atoms. The number of nitrogens with zero attached hydrogens (tertiary/aromatic N) is 1. The maximum atomic E-state index is 12.4. The number of ether oxygens (including phenoxy) is 2. The maximum absolute atomic E-state index is 12.4. The number of carbonyl (C=O) groups is 2. The van der Waals surface area contributed by atoms with Crippen molar-refractivity contribution in [3.63, 3.8) is 0 Å². The van der Waals surface area contributed by atoms with Crippen LogP contribution in [0.4, 0.5) is 5.69 Å². The number of carbonyl (C=O) groups excluding carboxylic acids is 1. The Morgan fingerprint density at radius 1 is 1.23 bits per heavy atom. The Balaban J connectivity index is 3.13. The van der Waals surface area contributed by atoms with Gasteiger partial charge in [-0.15, -0.1) is 0 Å². The molecular formula is C16H23NO5. The Kier molecular flexibility index (Phi) is 6.69. The second kappa shape index (κ2) is 8.26. The quantitative estimate of drug-likeness (QED) is 0.798. The summed E-state index contributed by atoms with van der Waals surface area (Å²) in [5.41, 5.74) is 0.551. The van der Waals surface area contributed by atoms with Crippen LogP contribution in [0.25, 0.3) is 0 Å². The molecule has 0 aliphatic carbocycles. The molecule has 1 N–H and O–H groups in total. The first-order valence-corrected chi connectivity index (χ1v) is 7.13. The highest BCUT2D eigenvalue weighted by atomic mass is 16.5. The molecule has 1 amide bonds. The molecule has 1 aromatic rings. The van der Waals surface area contributed by atoms with Crippen LogP contribution in [0.15, 0.2) is 18.2 Å². The van der Waals surface area contributed by atoms with Crippen LogP contribution in [0.3, 0.4) is 0 Å². The largest absolute Gasteiger partial charge is 0.497 e. The van der Waals surface area contributed by atoms with Crippen LogP contribution in [-0.2, 0) is 9.59 Å². The first-order valence-electron chi connectivity index (χ1n) is 7.13. The summed E-state index contributed by atoms with van der Waals surface area (Å²) in [6.45, 7) is 3.99. The van der Waals surface area contributed by atoms with E-state index in [-0.39, 0.29) is 24.8 Å². The average molecular weight is 309 g/mol. The minimum Gasteiger partial charge on any atom is -0.497 e. The van der Waals surface area contributed by atoms with Crippen molar-refractivity contribution in [3.8, 4) is 11.5 Å². The number of benzene rings is 1. The van der Waals surface area contributed by atoms with Gasteiger partial charge in [0.2, 0.25) is 5.91 Å². The van der Waals surface area contributed by atoms with Crippen molar-refractivity contribution in [2.24, 2.45) is 5.92 Å². The van der Waals surface area contributed by atoms with E-state index in [9.17, 15) is 9.59 Å². The zero-order valence-corrected chi connectivity index (χ0v) is 13.5. The summed E-state index contributed by atoms with van der Waals surface area (Å²) in [6, 6.07) is 5.10. The van der Waals surface area contributed by atoms with Crippen molar-refractivity contribution in [3.05, 3.63) is 18.2 Å². The predicted octanol–water partition coefficient (Wildman–Crippen LogP) is 2.56. The number of amides is 1. The number of rotatable bonds is 8. The van der Waals surface area contributed by atoms with Crippen LogP contribution in [0, 0.1) is 5.92 Å². The van der Waals surface area contributed by atoms with E-state index in [0.29, 0.717) is 23.6 Å². The molecule has 0 bridgehead atoms. The first-order chi connectivity index (χ1) is 10.4. The molecule has 0 aliphatic rings. The lowest BCUT2D eigenvalue weighted by Gasteiger charge is -2.25. The molecule has 0 radical (unpaired) electrons. The van der Waals surface area contributed by atoms with Crippen molar-refractivity contribution in [2.75, 3.05) is 25.7 Å². The van der Waals surface area contributed by atoms with E-state index >= 15 is 0 Å². The summed E-state index contributed by atoms with van der Waals surface area (Å²) in [5.74, 6) is 0.190. The highest BCUT2D eigenvalue weighted by molar-refractivity contribution is 5.95.